The molecule has 2 aromatic rings. The van der Waals surface area contributed by atoms with Gasteiger partial charge in [-0.2, -0.15) is 0 Å². The largest absolute Gasteiger partial charge is 0.399 e. The molecule has 2 aromatic carbocycles. The molecule has 0 saturated carbocycles. The SMILES string of the molecule is Cc1ccc(C(CNC(=O)c2cc(N)ccc2C)N2CCCC2)cc1.Cl.Cl. The van der Waals surface area contributed by atoms with E-state index in [4.69, 9.17) is 5.73 Å². The summed E-state index contributed by atoms with van der Waals surface area (Å²) in [6, 6.07) is 14.3. The van der Waals surface area contributed by atoms with E-state index in [2.05, 4.69) is 41.4 Å². The molecule has 1 aliphatic heterocycles. The molecule has 0 aromatic heterocycles. The van der Waals surface area contributed by atoms with Crippen LogP contribution in [0.3, 0.4) is 0 Å². The number of aryl methyl sites for hydroxylation is 2. The highest BCUT2D eigenvalue weighted by Gasteiger charge is 2.24. The molecule has 0 spiro atoms. The fraction of sp³-hybridized carbons (Fsp3) is 0.381. The van der Waals surface area contributed by atoms with Gasteiger partial charge in [0.05, 0.1) is 6.04 Å². The lowest BCUT2D eigenvalue weighted by Gasteiger charge is -2.28. The van der Waals surface area contributed by atoms with Crippen molar-refractivity contribution in [3.8, 4) is 0 Å². The number of nitrogen functional groups attached to an aromatic ring is 1. The van der Waals surface area contributed by atoms with E-state index in [0.717, 1.165) is 18.7 Å². The van der Waals surface area contributed by atoms with E-state index in [9.17, 15) is 4.79 Å². The van der Waals surface area contributed by atoms with Crippen LogP contribution in [0.15, 0.2) is 42.5 Å². The molecule has 1 atom stereocenters. The second-order valence-electron chi connectivity index (χ2n) is 6.95. The highest BCUT2D eigenvalue weighted by Crippen LogP contribution is 2.25. The van der Waals surface area contributed by atoms with Crippen LogP contribution < -0.4 is 11.1 Å². The molecule has 0 aliphatic carbocycles. The highest BCUT2D eigenvalue weighted by molar-refractivity contribution is 5.96. The van der Waals surface area contributed by atoms with E-state index in [1.807, 2.05) is 19.1 Å². The van der Waals surface area contributed by atoms with Crippen molar-refractivity contribution in [3.63, 3.8) is 0 Å². The van der Waals surface area contributed by atoms with Crippen LogP contribution in [0.4, 0.5) is 5.69 Å². The number of amides is 1. The van der Waals surface area contributed by atoms with Crippen molar-refractivity contribution in [2.24, 2.45) is 0 Å². The van der Waals surface area contributed by atoms with Crippen molar-refractivity contribution >= 4 is 36.4 Å². The van der Waals surface area contributed by atoms with Crippen LogP contribution in [-0.4, -0.2) is 30.4 Å². The first-order chi connectivity index (χ1) is 12.0. The van der Waals surface area contributed by atoms with Gasteiger partial charge in [-0.25, -0.2) is 0 Å². The van der Waals surface area contributed by atoms with Gasteiger partial charge in [0.25, 0.3) is 5.91 Å². The Morgan fingerprint density at radius 3 is 2.33 bits per heavy atom. The molecule has 0 bridgehead atoms. The Morgan fingerprint density at radius 2 is 1.70 bits per heavy atom. The van der Waals surface area contributed by atoms with Crippen LogP contribution in [0.2, 0.25) is 0 Å². The zero-order valence-electron chi connectivity index (χ0n) is 15.9. The molecule has 3 N–H and O–H groups in total. The van der Waals surface area contributed by atoms with Crippen LogP contribution in [-0.2, 0) is 0 Å². The van der Waals surface area contributed by atoms with Crippen LogP contribution in [0.1, 0.15) is 45.9 Å². The molecule has 1 unspecified atom stereocenters. The summed E-state index contributed by atoms with van der Waals surface area (Å²) in [5.41, 5.74) is 10.6. The summed E-state index contributed by atoms with van der Waals surface area (Å²) < 4.78 is 0. The van der Waals surface area contributed by atoms with Gasteiger partial charge in [0, 0.05) is 17.8 Å². The van der Waals surface area contributed by atoms with Crippen molar-refractivity contribution in [3.05, 3.63) is 64.7 Å². The minimum Gasteiger partial charge on any atom is -0.399 e. The number of halogens is 2. The van der Waals surface area contributed by atoms with E-state index >= 15 is 0 Å². The molecule has 1 saturated heterocycles. The summed E-state index contributed by atoms with van der Waals surface area (Å²) in [7, 11) is 0. The van der Waals surface area contributed by atoms with Crippen molar-refractivity contribution < 1.29 is 4.79 Å². The van der Waals surface area contributed by atoms with Gasteiger partial charge in [-0.05, 0) is 63.0 Å². The van der Waals surface area contributed by atoms with Crippen molar-refractivity contribution in [1.82, 2.24) is 10.2 Å². The van der Waals surface area contributed by atoms with E-state index in [0.29, 0.717) is 17.8 Å². The van der Waals surface area contributed by atoms with Gasteiger partial charge in [0.2, 0.25) is 0 Å². The molecule has 1 heterocycles. The third kappa shape index (κ3) is 5.86. The maximum atomic E-state index is 12.6. The topological polar surface area (TPSA) is 58.4 Å². The van der Waals surface area contributed by atoms with Crippen LogP contribution in [0, 0.1) is 13.8 Å². The third-order valence-corrected chi connectivity index (χ3v) is 5.01. The number of nitrogens with zero attached hydrogens (tertiary/aromatic N) is 1. The summed E-state index contributed by atoms with van der Waals surface area (Å²) in [6.07, 6.45) is 2.45. The van der Waals surface area contributed by atoms with Gasteiger partial charge in [-0.15, -0.1) is 24.8 Å². The average Bonchev–Trinajstić information content (AvgIpc) is 3.13. The minimum absolute atomic E-state index is 0. The summed E-state index contributed by atoms with van der Waals surface area (Å²) in [5, 5.41) is 3.12. The predicted octanol–water partition coefficient (Wildman–Crippen LogP) is 4.30. The van der Waals surface area contributed by atoms with Gasteiger partial charge in [-0.3, -0.25) is 9.69 Å². The van der Waals surface area contributed by atoms with Gasteiger partial charge in [0.15, 0.2) is 0 Å². The zero-order valence-corrected chi connectivity index (χ0v) is 17.5. The molecule has 1 fully saturated rings. The number of hydrogen-bond acceptors (Lipinski definition) is 3. The summed E-state index contributed by atoms with van der Waals surface area (Å²) >= 11 is 0. The summed E-state index contributed by atoms with van der Waals surface area (Å²) in [6.45, 7) is 6.82. The number of carbonyl (C=O) groups is 1. The highest BCUT2D eigenvalue weighted by atomic mass is 35.5. The van der Waals surface area contributed by atoms with Gasteiger partial charge in [-0.1, -0.05) is 35.9 Å². The Labute approximate surface area is 174 Å². The molecule has 1 aliphatic rings. The zero-order chi connectivity index (χ0) is 17.8. The average molecular weight is 410 g/mol. The summed E-state index contributed by atoms with van der Waals surface area (Å²) in [5.74, 6) is -0.0545. The van der Waals surface area contributed by atoms with Crippen LogP contribution >= 0.6 is 24.8 Å². The van der Waals surface area contributed by atoms with Gasteiger partial charge >= 0.3 is 0 Å². The maximum absolute atomic E-state index is 12.6. The monoisotopic (exact) mass is 409 g/mol. The molecule has 6 heteroatoms. The first-order valence-electron chi connectivity index (χ1n) is 8.99. The molecular weight excluding hydrogens is 381 g/mol. The number of likely N-dealkylation sites (tertiary alicyclic amines) is 1. The Morgan fingerprint density at radius 1 is 1.07 bits per heavy atom. The lowest BCUT2D eigenvalue weighted by atomic mass is 10.0. The van der Waals surface area contributed by atoms with E-state index in [1.165, 1.54) is 24.0 Å². The fourth-order valence-corrected chi connectivity index (χ4v) is 3.47. The third-order valence-electron chi connectivity index (χ3n) is 5.01. The van der Waals surface area contributed by atoms with Crippen molar-refractivity contribution in [1.29, 1.82) is 0 Å². The lowest BCUT2D eigenvalue weighted by Crippen LogP contribution is -2.37. The summed E-state index contributed by atoms with van der Waals surface area (Å²) in [4.78, 5) is 15.1. The minimum atomic E-state index is -0.0545. The number of anilines is 1. The molecule has 4 nitrogen and oxygen atoms in total. The maximum Gasteiger partial charge on any atom is 0.251 e. The Bertz CT molecular complexity index is 744. The number of nitrogens with one attached hydrogen (secondary N) is 1. The number of nitrogens with two attached hydrogens (primary N) is 1. The number of carbonyl (C=O) groups excluding carboxylic acids is 1. The lowest BCUT2D eigenvalue weighted by molar-refractivity contribution is 0.0937. The molecular formula is C21H29Cl2N3O. The van der Waals surface area contributed by atoms with Crippen LogP contribution in [0.25, 0.3) is 0 Å². The Kier molecular flexibility index (Phi) is 9.10. The van der Waals surface area contributed by atoms with Crippen molar-refractivity contribution in [2.75, 3.05) is 25.4 Å². The molecule has 3 rings (SSSR count). The molecule has 27 heavy (non-hydrogen) atoms. The van der Waals surface area contributed by atoms with Gasteiger partial charge in [0.1, 0.15) is 0 Å². The van der Waals surface area contributed by atoms with Gasteiger partial charge < -0.3 is 11.1 Å². The second kappa shape index (κ2) is 10.5. The molecule has 148 valence electrons. The number of benzene rings is 2. The molecule has 1 amide bonds. The second-order valence-corrected chi connectivity index (χ2v) is 6.95. The molecule has 0 radical (unpaired) electrons. The van der Waals surface area contributed by atoms with E-state index in [-0.39, 0.29) is 36.8 Å². The van der Waals surface area contributed by atoms with E-state index in [1.54, 1.807) is 6.07 Å². The normalized spacial score (nSPS) is 14.7. The Hall–Kier alpha value is -1.75. The first kappa shape index (κ1) is 23.3. The smallest absolute Gasteiger partial charge is 0.251 e. The fourth-order valence-electron chi connectivity index (χ4n) is 3.47. The number of hydrogen-bond donors (Lipinski definition) is 2. The number of rotatable bonds is 5. The Balaban J connectivity index is 0.00000182. The van der Waals surface area contributed by atoms with Crippen molar-refractivity contribution in [2.45, 2.75) is 32.7 Å². The standard InChI is InChI=1S/C21H27N3O.2ClH/c1-15-5-8-17(9-6-15)20(24-11-3-4-12-24)14-23-21(25)19-13-18(22)10-7-16(19)2;;/h5-10,13,20H,3-4,11-12,14,22H2,1-2H3,(H,23,25);2*1H. The van der Waals surface area contributed by atoms with E-state index < -0.39 is 0 Å². The quantitative estimate of drug-likeness (QED) is 0.723. The predicted molar refractivity (Wildman–Crippen MR) is 117 cm³/mol. The first-order valence-corrected chi connectivity index (χ1v) is 8.99. The van der Waals surface area contributed by atoms with Crippen LogP contribution in [0.5, 0.6) is 0 Å².